The number of benzene rings is 3. The highest BCUT2D eigenvalue weighted by Gasteiger charge is 2.24. The normalized spacial score (nSPS) is 11.8. The lowest BCUT2D eigenvalue weighted by Gasteiger charge is -2.20. The number of halogens is 2. The monoisotopic (exact) mass is 555 g/mol. The highest BCUT2D eigenvalue weighted by atomic mass is 79.9. The van der Waals surface area contributed by atoms with Crippen LogP contribution in [0.3, 0.4) is 0 Å². The van der Waals surface area contributed by atoms with E-state index >= 15 is 0 Å². The molecule has 3 aromatic rings. The minimum absolute atomic E-state index is 0.208. The summed E-state index contributed by atoms with van der Waals surface area (Å²) in [6.07, 6.45) is 1.46. The first kappa shape index (κ1) is 26.9. The number of methoxy groups -OCH3 is 1. The van der Waals surface area contributed by atoms with Gasteiger partial charge in [-0.05, 0) is 69.4 Å². The second kappa shape index (κ2) is 12.8. The number of hydrazone groups is 1. The van der Waals surface area contributed by atoms with Crippen LogP contribution in [0.25, 0.3) is 0 Å². The smallest absolute Gasteiger partial charge is 0.262 e. The highest BCUT2D eigenvalue weighted by Crippen LogP contribution is 2.36. The van der Waals surface area contributed by atoms with Gasteiger partial charge >= 0.3 is 0 Å². The van der Waals surface area contributed by atoms with Gasteiger partial charge in [-0.25, -0.2) is 9.82 Å². The molecule has 0 heterocycles. The molecule has 1 atom stereocenters. The van der Waals surface area contributed by atoms with E-state index in [1.807, 2.05) is 30.3 Å². The van der Waals surface area contributed by atoms with Crippen molar-refractivity contribution in [1.82, 2.24) is 10.7 Å². The molecule has 3 aromatic carbocycles. The number of hydrogen-bond donors (Lipinski definition) is 2. The van der Waals surface area contributed by atoms with E-state index in [2.05, 4.69) is 31.8 Å². The highest BCUT2D eigenvalue weighted by molar-refractivity contribution is 9.10. The van der Waals surface area contributed by atoms with E-state index in [0.717, 1.165) is 5.56 Å². The van der Waals surface area contributed by atoms with Gasteiger partial charge in [-0.2, -0.15) is 5.10 Å². The number of carbonyl (C=O) groups excluding carboxylic acids is 2. The predicted molar refractivity (Wildman–Crippen MR) is 140 cm³/mol. The van der Waals surface area contributed by atoms with Gasteiger partial charge in [-0.15, -0.1) is 0 Å². The lowest BCUT2D eigenvalue weighted by Crippen LogP contribution is -2.48. The molecular formula is C27H27BrFN3O4. The molecule has 2 N–H and O–H groups in total. The zero-order chi connectivity index (χ0) is 26.1. The van der Waals surface area contributed by atoms with Crippen molar-refractivity contribution in [2.45, 2.75) is 26.5 Å². The van der Waals surface area contributed by atoms with Gasteiger partial charge < -0.3 is 14.8 Å². The predicted octanol–water partition coefficient (Wildman–Crippen LogP) is 5.08. The Morgan fingerprint density at radius 3 is 2.42 bits per heavy atom. The van der Waals surface area contributed by atoms with Crippen molar-refractivity contribution in [1.29, 1.82) is 0 Å². The van der Waals surface area contributed by atoms with E-state index in [0.29, 0.717) is 28.1 Å². The molecule has 0 saturated heterocycles. The molecule has 0 fully saturated rings. The first-order valence-corrected chi connectivity index (χ1v) is 12.0. The van der Waals surface area contributed by atoms with Gasteiger partial charge in [-0.1, -0.05) is 44.2 Å². The van der Waals surface area contributed by atoms with E-state index in [1.54, 1.807) is 26.0 Å². The van der Waals surface area contributed by atoms with Crippen LogP contribution in [0.2, 0.25) is 0 Å². The van der Waals surface area contributed by atoms with Crippen LogP contribution in [0, 0.1) is 11.7 Å². The second-order valence-electron chi connectivity index (χ2n) is 8.24. The Balaban J connectivity index is 1.65. The average Bonchev–Trinajstić information content (AvgIpc) is 2.87. The maximum absolute atomic E-state index is 13.1. The quantitative estimate of drug-likeness (QED) is 0.269. The fourth-order valence-corrected chi connectivity index (χ4v) is 3.86. The van der Waals surface area contributed by atoms with Gasteiger partial charge in [0.25, 0.3) is 11.8 Å². The zero-order valence-electron chi connectivity index (χ0n) is 20.1. The molecule has 0 aliphatic carbocycles. The van der Waals surface area contributed by atoms with Gasteiger partial charge in [0.15, 0.2) is 11.5 Å². The van der Waals surface area contributed by atoms with E-state index in [4.69, 9.17) is 9.47 Å². The molecule has 0 aromatic heterocycles. The summed E-state index contributed by atoms with van der Waals surface area (Å²) in [5.41, 5.74) is 4.39. The van der Waals surface area contributed by atoms with E-state index in [-0.39, 0.29) is 11.5 Å². The van der Waals surface area contributed by atoms with Crippen LogP contribution in [0.4, 0.5) is 4.39 Å². The molecule has 0 bridgehead atoms. The summed E-state index contributed by atoms with van der Waals surface area (Å²) in [5.74, 6) is -0.568. The molecule has 0 saturated carbocycles. The van der Waals surface area contributed by atoms with Crippen molar-refractivity contribution < 1.29 is 23.5 Å². The molecule has 7 nitrogen and oxygen atoms in total. The Morgan fingerprint density at radius 2 is 1.78 bits per heavy atom. The number of ether oxygens (including phenoxy) is 2. The maximum atomic E-state index is 13.1. The fraction of sp³-hybridized carbons (Fsp3) is 0.222. The Bertz CT molecular complexity index is 1220. The Morgan fingerprint density at radius 1 is 1.08 bits per heavy atom. The molecule has 2 amide bonds. The number of rotatable bonds is 10. The molecule has 0 aliphatic rings. The van der Waals surface area contributed by atoms with Crippen molar-refractivity contribution >= 4 is 34.0 Å². The van der Waals surface area contributed by atoms with Crippen LogP contribution < -0.4 is 20.2 Å². The fourth-order valence-electron chi connectivity index (χ4n) is 3.28. The second-order valence-corrected chi connectivity index (χ2v) is 9.10. The van der Waals surface area contributed by atoms with Gasteiger partial charge in [0.2, 0.25) is 0 Å². The van der Waals surface area contributed by atoms with Crippen LogP contribution in [0.15, 0.2) is 76.3 Å². The summed E-state index contributed by atoms with van der Waals surface area (Å²) in [6.45, 7) is 3.98. The maximum Gasteiger partial charge on any atom is 0.262 e. The number of amides is 2. The zero-order valence-corrected chi connectivity index (χ0v) is 21.7. The summed E-state index contributed by atoms with van der Waals surface area (Å²) in [7, 11) is 1.54. The van der Waals surface area contributed by atoms with Gasteiger partial charge in [0.05, 0.1) is 17.8 Å². The number of nitrogens with zero attached hydrogens (tertiary/aromatic N) is 1. The number of carbonyl (C=O) groups is 2. The number of hydrogen-bond acceptors (Lipinski definition) is 5. The van der Waals surface area contributed by atoms with E-state index in [9.17, 15) is 14.0 Å². The molecule has 0 radical (unpaired) electrons. The van der Waals surface area contributed by atoms with Crippen LogP contribution in [0.5, 0.6) is 11.5 Å². The van der Waals surface area contributed by atoms with Crippen LogP contribution in [-0.2, 0) is 11.4 Å². The van der Waals surface area contributed by atoms with Crippen LogP contribution in [-0.4, -0.2) is 31.2 Å². The minimum Gasteiger partial charge on any atom is -0.493 e. The van der Waals surface area contributed by atoms with Crippen molar-refractivity contribution in [3.63, 3.8) is 0 Å². The minimum atomic E-state index is -0.838. The largest absolute Gasteiger partial charge is 0.493 e. The molecule has 188 valence electrons. The molecule has 36 heavy (non-hydrogen) atoms. The van der Waals surface area contributed by atoms with Gasteiger partial charge in [0, 0.05) is 5.56 Å². The summed E-state index contributed by atoms with van der Waals surface area (Å²) in [6, 6.07) is 17.5. The standard InChI is InChI=1S/C27H27BrFN3O4/c1-17(2)24(31-26(33)20-9-11-21(29)12-10-20)27(34)32-30-15-19-13-22(28)25(23(14-19)35-3)36-16-18-7-5-4-6-8-18/h4-15,17,24H,16H2,1-3H3,(H,31,33)(H,32,34)/b30-15+. The average molecular weight is 556 g/mol. The van der Waals surface area contributed by atoms with E-state index < -0.39 is 23.7 Å². The first-order chi connectivity index (χ1) is 17.3. The van der Waals surface area contributed by atoms with Crippen LogP contribution >= 0.6 is 15.9 Å². The molecule has 1 unspecified atom stereocenters. The van der Waals surface area contributed by atoms with Gasteiger partial charge in [0.1, 0.15) is 18.5 Å². The topological polar surface area (TPSA) is 89.0 Å². The molecular weight excluding hydrogens is 529 g/mol. The lowest BCUT2D eigenvalue weighted by atomic mass is 10.0. The van der Waals surface area contributed by atoms with Crippen molar-refractivity contribution in [3.05, 3.63) is 93.7 Å². The SMILES string of the molecule is COc1cc(/C=N/NC(=O)C(NC(=O)c2ccc(F)cc2)C(C)C)cc(Br)c1OCc1ccccc1. The van der Waals surface area contributed by atoms with E-state index in [1.165, 1.54) is 37.6 Å². The summed E-state index contributed by atoms with van der Waals surface area (Å²) < 4.78 is 25.2. The summed E-state index contributed by atoms with van der Waals surface area (Å²) in [5, 5.41) is 6.71. The Labute approximate surface area is 217 Å². The van der Waals surface area contributed by atoms with Crippen molar-refractivity contribution in [3.8, 4) is 11.5 Å². The Hall–Kier alpha value is -3.72. The molecule has 3 rings (SSSR count). The van der Waals surface area contributed by atoms with Crippen molar-refractivity contribution in [2.75, 3.05) is 7.11 Å². The van der Waals surface area contributed by atoms with Gasteiger partial charge in [-0.3, -0.25) is 9.59 Å². The third-order valence-electron chi connectivity index (χ3n) is 5.21. The lowest BCUT2D eigenvalue weighted by molar-refractivity contribution is -0.123. The van der Waals surface area contributed by atoms with Crippen molar-refractivity contribution in [2.24, 2.45) is 11.0 Å². The molecule has 0 spiro atoms. The molecule has 0 aliphatic heterocycles. The first-order valence-electron chi connectivity index (χ1n) is 11.2. The third-order valence-corrected chi connectivity index (χ3v) is 5.80. The number of nitrogens with one attached hydrogen (secondary N) is 2. The summed E-state index contributed by atoms with van der Waals surface area (Å²) in [4.78, 5) is 25.2. The Kier molecular flexibility index (Phi) is 9.58. The van der Waals surface area contributed by atoms with Crippen LogP contribution in [0.1, 0.15) is 35.3 Å². The summed E-state index contributed by atoms with van der Waals surface area (Å²) >= 11 is 3.50. The third kappa shape index (κ3) is 7.39. The molecule has 9 heteroatoms.